The van der Waals surface area contributed by atoms with E-state index in [1.54, 1.807) is 30.7 Å². The fourth-order valence-electron chi connectivity index (χ4n) is 3.27. The number of aryl methyl sites for hydroxylation is 2. The Labute approximate surface area is 169 Å². The van der Waals surface area contributed by atoms with Crippen LogP contribution in [-0.2, 0) is 24.4 Å². The van der Waals surface area contributed by atoms with E-state index in [1.165, 1.54) is 6.07 Å². The summed E-state index contributed by atoms with van der Waals surface area (Å²) in [5.41, 5.74) is 9.78. The molecule has 3 rings (SSSR count). The highest BCUT2D eigenvalue weighted by Gasteiger charge is 2.17. The first-order chi connectivity index (χ1) is 13.9. The van der Waals surface area contributed by atoms with Gasteiger partial charge in [-0.15, -0.1) is 0 Å². The Hall–Kier alpha value is -3.19. The smallest absolute Gasteiger partial charge is 0.234 e. The number of carbonyl (C=O) groups excluding carboxylic acids is 1. The molecule has 29 heavy (non-hydrogen) atoms. The highest BCUT2D eigenvalue weighted by Crippen LogP contribution is 2.26. The van der Waals surface area contributed by atoms with Gasteiger partial charge in [-0.3, -0.25) is 4.79 Å². The fourth-order valence-corrected chi connectivity index (χ4v) is 3.27. The lowest BCUT2D eigenvalue weighted by Gasteiger charge is -2.17. The minimum absolute atomic E-state index is 0.167. The molecule has 152 valence electrons. The van der Waals surface area contributed by atoms with Crippen LogP contribution < -0.4 is 15.8 Å². The predicted octanol–water partition coefficient (Wildman–Crippen LogP) is 2.93. The van der Waals surface area contributed by atoms with Gasteiger partial charge in [-0.05, 0) is 36.6 Å². The van der Waals surface area contributed by atoms with Crippen molar-refractivity contribution in [3.05, 3.63) is 82.7 Å². The van der Waals surface area contributed by atoms with Crippen molar-refractivity contribution in [3.63, 3.8) is 0 Å². The molecule has 0 aliphatic rings. The molecule has 7 heteroatoms. The molecule has 6 nitrogen and oxygen atoms in total. The summed E-state index contributed by atoms with van der Waals surface area (Å²) >= 11 is 0. The third kappa shape index (κ3) is 5.42. The van der Waals surface area contributed by atoms with Gasteiger partial charge in [0.25, 0.3) is 0 Å². The van der Waals surface area contributed by atoms with E-state index in [1.807, 2.05) is 26.0 Å². The number of ether oxygens (including phenoxy) is 1. The van der Waals surface area contributed by atoms with E-state index in [2.05, 4.69) is 15.3 Å². The van der Waals surface area contributed by atoms with Crippen molar-refractivity contribution in [2.24, 2.45) is 5.73 Å². The zero-order valence-corrected chi connectivity index (χ0v) is 16.5. The number of carbonyl (C=O) groups is 1. The summed E-state index contributed by atoms with van der Waals surface area (Å²) in [4.78, 5) is 18.7. The maximum Gasteiger partial charge on any atom is 0.234 e. The Kier molecular flexibility index (Phi) is 6.61. The Morgan fingerprint density at radius 3 is 2.62 bits per heavy atom. The average molecular weight is 396 g/mol. The van der Waals surface area contributed by atoms with Gasteiger partial charge in [-0.1, -0.05) is 30.3 Å². The van der Waals surface area contributed by atoms with Crippen LogP contribution in [0.4, 0.5) is 4.39 Å². The molecular weight excluding hydrogens is 371 g/mol. The molecule has 0 saturated carbocycles. The predicted molar refractivity (Wildman–Crippen MR) is 109 cm³/mol. The molecule has 0 aliphatic heterocycles. The molecule has 0 fully saturated rings. The van der Waals surface area contributed by atoms with Gasteiger partial charge in [0.15, 0.2) is 0 Å². The maximum absolute atomic E-state index is 13.8. The second kappa shape index (κ2) is 9.34. The molecule has 0 radical (unpaired) electrons. The van der Waals surface area contributed by atoms with Gasteiger partial charge in [-0.2, -0.15) is 0 Å². The summed E-state index contributed by atoms with van der Waals surface area (Å²) in [5.74, 6) is 0.0391. The standard InChI is InChI=1S/C22H25FN4O2/c1-14-7-16(10-26-20(22(24)28)9-18-11-25-13-27-18)8-15(2)21(14)29-12-17-5-3-4-6-19(17)23/h3-8,11,13,20,26H,9-10,12H2,1-2H3,(H2,24,28)(H,25,27). The number of primary amides is 1. The van der Waals surface area contributed by atoms with Crippen LogP contribution in [0.5, 0.6) is 5.75 Å². The Morgan fingerprint density at radius 2 is 2.00 bits per heavy atom. The number of amides is 1. The van der Waals surface area contributed by atoms with Gasteiger partial charge in [0, 0.05) is 30.4 Å². The number of rotatable bonds is 9. The minimum Gasteiger partial charge on any atom is -0.488 e. The third-order valence-corrected chi connectivity index (χ3v) is 4.72. The van der Waals surface area contributed by atoms with E-state index in [0.717, 1.165) is 28.1 Å². The van der Waals surface area contributed by atoms with Crippen molar-refractivity contribution in [2.75, 3.05) is 0 Å². The number of H-pyrrole nitrogens is 1. The largest absolute Gasteiger partial charge is 0.488 e. The molecule has 0 bridgehead atoms. The van der Waals surface area contributed by atoms with Gasteiger partial charge >= 0.3 is 0 Å². The molecule has 1 heterocycles. The third-order valence-electron chi connectivity index (χ3n) is 4.72. The number of aromatic nitrogens is 2. The van der Waals surface area contributed by atoms with E-state index in [0.29, 0.717) is 18.5 Å². The lowest BCUT2D eigenvalue weighted by Crippen LogP contribution is -2.42. The lowest BCUT2D eigenvalue weighted by atomic mass is 10.0. The quantitative estimate of drug-likeness (QED) is 0.518. The molecule has 0 aliphatic carbocycles. The Morgan fingerprint density at radius 1 is 1.28 bits per heavy atom. The second-order valence-corrected chi connectivity index (χ2v) is 7.06. The normalized spacial score (nSPS) is 12.0. The Balaban J connectivity index is 1.65. The Bertz CT molecular complexity index is 950. The first-order valence-electron chi connectivity index (χ1n) is 9.40. The highest BCUT2D eigenvalue weighted by atomic mass is 19.1. The molecule has 4 N–H and O–H groups in total. The maximum atomic E-state index is 13.8. The van der Waals surface area contributed by atoms with Crippen molar-refractivity contribution in [1.82, 2.24) is 15.3 Å². The number of benzene rings is 2. The van der Waals surface area contributed by atoms with Crippen LogP contribution in [0.2, 0.25) is 0 Å². The number of imidazole rings is 1. The van der Waals surface area contributed by atoms with E-state index in [9.17, 15) is 9.18 Å². The molecule has 1 amide bonds. The molecule has 1 atom stereocenters. The van der Waals surface area contributed by atoms with Gasteiger partial charge in [-0.25, -0.2) is 9.37 Å². The van der Waals surface area contributed by atoms with Crippen LogP contribution in [0.25, 0.3) is 0 Å². The van der Waals surface area contributed by atoms with Crippen molar-refractivity contribution >= 4 is 5.91 Å². The molecule has 2 aromatic carbocycles. The van der Waals surface area contributed by atoms with Crippen LogP contribution in [0.15, 0.2) is 48.9 Å². The summed E-state index contributed by atoms with van der Waals surface area (Å²) < 4.78 is 19.7. The van der Waals surface area contributed by atoms with E-state index in [4.69, 9.17) is 10.5 Å². The van der Waals surface area contributed by atoms with Gasteiger partial charge in [0.2, 0.25) is 5.91 Å². The SMILES string of the molecule is Cc1cc(CNC(Cc2cnc[nH]2)C(N)=O)cc(C)c1OCc1ccccc1F. The van der Waals surface area contributed by atoms with Crippen molar-refractivity contribution in [1.29, 1.82) is 0 Å². The summed E-state index contributed by atoms with van der Waals surface area (Å²) in [6.07, 6.45) is 3.69. The number of hydrogen-bond donors (Lipinski definition) is 3. The highest BCUT2D eigenvalue weighted by molar-refractivity contribution is 5.80. The van der Waals surface area contributed by atoms with Crippen LogP contribution in [0.1, 0.15) is 27.9 Å². The van der Waals surface area contributed by atoms with Crippen molar-refractivity contribution in [3.8, 4) is 5.75 Å². The second-order valence-electron chi connectivity index (χ2n) is 7.06. The fraction of sp³-hybridized carbons (Fsp3) is 0.273. The summed E-state index contributed by atoms with van der Waals surface area (Å²) in [6, 6.07) is 10.1. The number of nitrogens with one attached hydrogen (secondary N) is 2. The number of nitrogens with zero attached hydrogens (tertiary/aromatic N) is 1. The lowest BCUT2D eigenvalue weighted by molar-refractivity contribution is -0.120. The first kappa shape index (κ1) is 20.5. The van der Waals surface area contributed by atoms with Crippen LogP contribution in [0.3, 0.4) is 0 Å². The van der Waals surface area contributed by atoms with Gasteiger partial charge < -0.3 is 20.8 Å². The molecule has 3 aromatic rings. The van der Waals surface area contributed by atoms with E-state index >= 15 is 0 Å². The monoisotopic (exact) mass is 396 g/mol. The average Bonchev–Trinajstić information content (AvgIpc) is 3.18. The molecule has 1 unspecified atom stereocenters. The molecule has 1 aromatic heterocycles. The van der Waals surface area contributed by atoms with Crippen molar-refractivity contribution in [2.45, 2.75) is 39.5 Å². The number of halogens is 1. The minimum atomic E-state index is -0.506. The summed E-state index contributed by atoms with van der Waals surface area (Å²) in [5, 5.41) is 3.20. The topological polar surface area (TPSA) is 93.0 Å². The summed E-state index contributed by atoms with van der Waals surface area (Å²) in [6.45, 7) is 4.55. The van der Waals surface area contributed by atoms with Crippen molar-refractivity contribution < 1.29 is 13.9 Å². The molecular formula is C22H25FN4O2. The van der Waals surface area contributed by atoms with Crippen LogP contribution >= 0.6 is 0 Å². The number of nitrogens with two attached hydrogens (primary N) is 1. The summed E-state index contributed by atoms with van der Waals surface area (Å²) in [7, 11) is 0. The molecule has 0 spiro atoms. The zero-order valence-electron chi connectivity index (χ0n) is 16.5. The molecule has 0 saturated heterocycles. The van der Waals surface area contributed by atoms with E-state index in [-0.39, 0.29) is 12.4 Å². The number of hydrogen-bond acceptors (Lipinski definition) is 4. The first-order valence-corrected chi connectivity index (χ1v) is 9.40. The van der Waals surface area contributed by atoms with Gasteiger partial charge in [0.1, 0.15) is 18.2 Å². The zero-order chi connectivity index (χ0) is 20.8. The number of aromatic amines is 1. The van der Waals surface area contributed by atoms with E-state index < -0.39 is 11.9 Å². The van der Waals surface area contributed by atoms with Crippen LogP contribution in [0, 0.1) is 19.7 Å². The van der Waals surface area contributed by atoms with Crippen LogP contribution in [-0.4, -0.2) is 21.9 Å². The van der Waals surface area contributed by atoms with Gasteiger partial charge in [0.05, 0.1) is 12.4 Å².